The molecule has 0 spiro atoms. The first-order valence-corrected chi connectivity index (χ1v) is 8.16. The molecule has 0 saturated carbocycles. The van der Waals surface area contributed by atoms with Crippen LogP contribution in [0, 0.1) is 6.92 Å². The number of hydrogen-bond acceptors (Lipinski definition) is 3. The first-order chi connectivity index (χ1) is 11.7. The standard InChI is InChI=1S/C19H22N4O.ClH/c1-14-11-16-13-21-22-18(16)17(12-14)19(24)23(10-8-20)9-7-15-5-3-2-4-6-15;/h2-6,11-13H,7-10,20H2,1H3,(H,21,22);1H. The van der Waals surface area contributed by atoms with Gasteiger partial charge >= 0.3 is 0 Å². The van der Waals surface area contributed by atoms with Gasteiger partial charge in [0.05, 0.1) is 17.3 Å². The number of fused-ring (bicyclic) bond motifs is 1. The molecule has 3 N–H and O–H groups in total. The molecule has 3 rings (SSSR count). The normalized spacial score (nSPS) is 10.5. The minimum Gasteiger partial charge on any atom is -0.337 e. The van der Waals surface area contributed by atoms with Gasteiger partial charge in [-0.2, -0.15) is 5.10 Å². The molecule has 2 aromatic carbocycles. The van der Waals surface area contributed by atoms with E-state index in [0.717, 1.165) is 22.9 Å². The van der Waals surface area contributed by atoms with Gasteiger partial charge in [0.2, 0.25) is 0 Å². The van der Waals surface area contributed by atoms with E-state index in [4.69, 9.17) is 5.73 Å². The van der Waals surface area contributed by atoms with Crippen LogP contribution in [0.3, 0.4) is 0 Å². The van der Waals surface area contributed by atoms with Gasteiger partial charge in [0.1, 0.15) is 0 Å². The molecular formula is C19H23ClN4O. The Kier molecular flexibility index (Phi) is 6.56. The Morgan fingerprint density at radius 1 is 1.20 bits per heavy atom. The number of rotatable bonds is 6. The summed E-state index contributed by atoms with van der Waals surface area (Å²) in [5.41, 5.74) is 9.42. The number of aromatic amines is 1. The minimum atomic E-state index is -0.00525. The fourth-order valence-corrected chi connectivity index (χ4v) is 2.93. The third-order valence-corrected chi connectivity index (χ3v) is 4.12. The summed E-state index contributed by atoms with van der Waals surface area (Å²) in [6.45, 7) is 3.61. The van der Waals surface area contributed by atoms with E-state index in [9.17, 15) is 4.79 Å². The van der Waals surface area contributed by atoms with E-state index in [1.807, 2.05) is 42.2 Å². The Labute approximate surface area is 153 Å². The van der Waals surface area contributed by atoms with Gasteiger partial charge in [-0.15, -0.1) is 12.4 Å². The van der Waals surface area contributed by atoms with Gasteiger partial charge in [-0.3, -0.25) is 9.89 Å². The zero-order valence-corrected chi connectivity index (χ0v) is 15.1. The monoisotopic (exact) mass is 358 g/mol. The van der Waals surface area contributed by atoms with Crippen LogP contribution in [0.25, 0.3) is 10.9 Å². The van der Waals surface area contributed by atoms with Crippen LogP contribution in [0.5, 0.6) is 0 Å². The molecule has 0 saturated heterocycles. The van der Waals surface area contributed by atoms with E-state index < -0.39 is 0 Å². The number of carbonyl (C=O) groups excluding carboxylic acids is 1. The van der Waals surface area contributed by atoms with Gasteiger partial charge < -0.3 is 10.6 Å². The number of halogens is 1. The number of nitrogens with two attached hydrogens (primary N) is 1. The summed E-state index contributed by atoms with van der Waals surface area (Å²) in [4.78, 5) is 14.9. The number of H-pyrrole nitrogens is 1. The lowest BCUT2D eigenvalue weighted by atomic mass is 10.1. The summed E-state index contributed by atoms with van der Waals surface area (Å²) in [6.07, 6.45) is 2.56. The molecule has 1 amide bonds. The number of aromatic nitrogens is 2. The number of aryl methyl sites for hydroxylation is 1. The molecule has 0 aliphatic rings. The number of hydrogen-bond donors (Lipinski definition) is 2. The predicted molar refractivity (Wildman–Crippen MR) is 103 cm³/mol. The van der Waals surface area contributed by atoms with Crippen molar-refractivity contribution in [1.82, 2.24) is 15.1 Å². The lowest BCUT2D eigenvalue weighted by molar-refractivity contribution is 0.0764. The Hall–Kier alpha value is -2.37. The molecule has 0 unspecified atom stereocenters. The zero-order valence-electron chi connectivity index (χ0n) is 14.2. The maximum Gasteiger partial charge on any atom is 0.256 e. The van der Waals surface area contributed by atoms with E-state index in [0.29, 0.717) is 25.2 Å². The molecule has 0 fully saturated rings. The fourth-order valence-electron chi connectivity index (χ4n) is 2.93. The number of amides is 1. The van der Waals surface area contributed by atoms with Gasteiger partial charge in [0.15, 0.2) is 0 Å². The highest BCUT2D eigenvalue weighted by Crippen LogP contribution is 2.20. The highest BCUT2D eigenvalue weighted by molar-refractivity contribution is 6.05. The number of benzene rings is 2. The maximum absolute atomic E-state index is 13.0. The van der Waals surface area contributed by atoms with Gasteiger partial charge in [0.25, 0.3) is 5.91 Å². The van der Waals surface area contributed by atoms with Gasteiger partial charge in [-0.05, 0) is 36.6 Å². The fraction of sp³-hybridized carbons (Fsp3) is 0.263. The Morgan fingerprint density at radius 3 is 2.68 bits per heavy atom. The molecule has 1 heterocycles. The lowest BCUT2D eigenvalue weighted by Crippen LogP contribution is -2.37. The second-order valence-electron chi connectivity index (χ2n) is 5.96. The third kappa shape index (κ3) is 4.38. The van der Waals surface area contributed by atoms with Crippen molar-refractivity contribution in [2.45, 2.75) is 13.3 Å². The summed E-state index contributed by atoms with van der Waals surface area (Å²) in [6, 6.07) is 14.1. The van der Waals surface area contributed by atoms with Crippen molar-refractivity contribution < 1.29 is 4.79 Å². The summed E-state index contributed by atoms with van der Waals surface area (Å²) >= 11 is 0. The highest BCUT2D eigenvalue weighted by atomic mass is 35.5. The lowest BCUT2D eigenvalue weighted by Gasteiger charge is -2.22. The molecule has 0 bridgehead atoms. The average Bonchev–Trinajstić information content (AvgIpc) is 3.06. The van der Waals surface area contributed by atoms with Crippen molar-refractivity contribution in [2.75, 3.05) is 19.6 Å². The SMILES string of the molecule is Cc1cc(C(=O)N(CCN)CCc2ccccc2)c2[nH]ncc2c1.Cl. The molecule has 3 aromatic rings. The molecule has 0 aliphatic heterocycles. The molecule has 25 heavy (non-hydrogen) atoms. The molecule has 1 aromatic heterocycles. The van der Waals surface area contributed by atoms with Crippen LogP contribution in [-0.2, 0) is 6.42 Å². The largest absolute Gasteiger partial charge is 0.337 e. The first-order valence-electron chi connectivity index (χ1n) is 8.16. The zero-order chi connectivity index (χ0) is 16.9. The van der Waals surface area contributed by atoms with Crippen molar-refractivity contribution in [3.8, 4) is 0 Å². The van der Waals surface area contributed by atoms with Crippen molar-refractivity contribution in [2.24, 2.45) is 5.73 Å². The molecule has 0 radical (unpaired) electrons. The summed E-state index contributed by atoms with van der Waals surface area (Å²) in [5.74, 6) is -0.00525. The van der Waals surface area contributed by atoms with Crippen molar-refractivity contribution in [3.63, 3.8) is 0 Å². The smallest absolute Gasteiger partial charge is 0.256 e. The van der Waals surface area contributed by atoms with E-state index in [-0.39, 0.29) is 18.3 Å². The minimum absolute atomic E-state index is 0. The van der Waals surface area contributed by atoms with Crippen molar-refractivity contribution in [3.05, 3.63) is 65.4 Å². The van der Waals surface area contributed by atoms with Crippen LogP contribution in [0.4, 0.5) is 0 Å². The van der Waals surface area contributed by atoms with Crippen LogP contribution < -0.4 is 5.73 Å². The van der Waals surface area contributed by atoms with Crippen LogP contribution in [0.1, 0.15) is 21.5 Å². The van der Waals surface area contributed by atoms with Crippen LogP contribution >= 0.6 is 12.4 Å². The van der Waals surface area contributed by atoms with Crippen LogP contribution in [0.2, 0.25) is 0 Å². The number of nitrogens with zero attached hydrogens (tertiary/aromatic N) is 2. The van der Waals surface area contributed by atoms with E-state index in [1.54, 1.807) is 6.20 Å². The van der Waals surface area contributed by atoms with Gasteiger partial charge in [-0.25, -0.2) is 0 Å². The maximum atomic E-state index is 13.0. The summed E-state index contributed by atoms with van der Waals surface area (Å²) in [5, 5.41) is 7.96. The molecule has 0 atom stereocenters. The second-order valence-corrected chi connectivity index (χ2v) is 5.96. The summed E-state index contributed by atoms with van der Waals surface area (Å²) in [7, 11) is 0. The molecule has 132 valence electrons. The van der Waals surface area contributed by atoms with E-state index >= 15 is 0 Å². The Bertz CT molecular complexity index is 832. The van der Waals surface area contributed by atoms with Gasteiger partial charge in [-0.1, -0.05) is 30.3 Å². The highest BCUT2D eigenvalue weighted by Gasteiger charge is 2.19. The average molecular weight is 359 g/mol. The third-order valence-electron chi connectivity index (χ3n) is 4.12. The van der Waals surface area contributed by atoms with Crippen LogP contribution in [-0.4, -0.2) is 40.6 Å². The second kappa shape index (κ2) is 8.65. The quantitative estimate of drug-likeness (QED) is 0.711. The van der Waals surface area contributed by atoms with E-state index in [1.165, 1.54) is 5.56 Å². The molecule has 5 nitrogen and oxygen atoms in total. The summed E-state index contributed by atoms with van der Waals surface area (Å²) < 4.78 is 0. The Balaban J connectivity index is 0.00000225. The molecule has 0 aliphatic carbocycles. The van der Waals surface area contributed by atoms with Crippen molar-refractivity contribution in [1.29, 1.82) is 0 Å². The van der Waals surface area contributed by atoms with Crippen molar-refractivity contribution >= 4 is 29.2 Å². The predicted octanol–water partition coefficient (Wildman–Crippen LogP) is 2.94. The van der Waals surface area contributed by atoms with Gasteiger partial charge in [0, 0.05) is 25.0 Å². The number of nitrogens with one attached hydrogen (secondary N) is 1. The first kappa shape index (κ1) is 19.0. The molecular weight excluding hydrogens is 336 g/mol. The van der Waals surface area contributed by atoms with E-state index in [2.05, 4.69) is 22.3 Å². The molecule has 6 heteroatoms. The topological polar surface area (TPSA) is 75.0 Å². The number of carbonyl (C=O) groups is 1. The Morgan fingerprint density at radius 2 is 1.96 bits per heavy atom. The van der Waals surface area contributed by atoms with Crippen LogP contribution in [0.15, 0.2) is 48.7 Å².